The summed E-state index contributed by atoms with van der Waals surface area (Å²) in [4.78, 5) is 23.4. The molecule has 11 heteroatoms. The number of aromatic nitrogens is 2. The van der Waals surface area contributed by atoms with Crippen LogP contribution < -0.4 is 10.1 Å². The summed E-state index contributed by atoms with van der Waals surface area (Å²) in [5.74, 6) is 0.712. The van der Waals surface area contributed by atoms with Gasteiger partial charge in [-0.05, 0) is 86.8 Å². The van der Waals surface area contributed by atoms with Gasteiger partial charge in [-0.2, -0.15) is 0 Å². The summed E-state index contributed by atoms with van der Waals surface area (Å²) in [6.07, 6.45) is 4.23. The van der Waals surface area contributed by atoms with Crippen LogP contribution in [0.15, 0.2) is 54.9 Å². The van der Waals surface area contributed by atoms with Crippen LogP contribution in [0.2, 0.25) is 0 Å². The fourth-order valence-electron chi connectivity index (χ4n) is 5.85. The Kier molecular flexibility index (Phi) is 11.6. The van der Waals surface area contributed by atoms with E-state index in [4.69, 9.17) is 14.8 Å². The fourth-order valence-corrected chi connectivity index (χ4v) is 5.85. The molecule has 1 amide bonds. The maximum Gasteiger partial charge on any atom is 0.222 e. The second-order valence-corrected chi connectivity index (χ2v) is 13.0. The van der Waals surface area contributed by atoms with Gasteiger partial charge in [-0.1, -0.05) is 24.3 Å². The topological polar surface area (TPSA) is 169 Å². The molecule has 11 nitrogen and oxygen atoms in total. The van der Waals surface area contributed by atoms with Crippen molar-refractivity contribution in [2.45, 2.75) is 101 Å². The number of ether oxygens (including phenoxy) is 1. The second-order valence-electron chi connectivity index (χ2n) is 13.0. The lowest BCUT2D eigenvalue weighted by Crippen LogP contribution is -2.49. The van der Waals surface area contributed by atoms with E-state index in [1.807, 2.05) is 24.5 Å². The van der Waals surface area contributed by atoms with E-state index < -0.39 is 31.0 Å². The zero-order valence-corrected chi connectivity index (χ0v) is 27.3. The first-order chi connectivity index (χ1) is 22.6. The molecule has 254 valence electrons. The number of likely N-dealkylation sites (N-methyl/N-ethyl adjacent to an activating group) is 1. The maximum atomic E-state index is 12.6. The number of nitrogens with one attached hydrogen (secondary N) is 1. The number of hydrogen-bond donors (Lipinski definition) is 6. The van der Waals surface area contributed by atoms with Crippen LogP contribution in [0.5, 0.6) is 5.75 Å². The lowest BCUT2D eigenvalue weighted by atomic mass is 9.94. The minimum Gasteiger partial charge on any atom is -0.490 e. The number of benzene rings is 1. The third-order valence-electron chi connectivity index (χ3n) is 9.22. The first kappa shape index (κ1) is 34.9. The Bertz CT molecular complexity index is 1500. The largest absolute Gasteiger partial charge is 0.490 e. The SMILES string of the molecule is Cc1ccc(CCCCC(=O)N(C)C[C@H](O)[C@@H](O)[C@H](O)[C@H](O)CO)nc1CNC1(c2cnccc2-c2ccccc2OC2CC2)CC1. The minimum absolute atomic E-state index is 0.173. The van der Waals surface area contributed by atoms with Crippen LogP contribution in [0.25, 0.3) is 11.1 Å². The summed E-state index contributed by atoms with van der Waals surface area (Å²) in [6, 6.07) is 14.4. The van der Waals surface area contributed by atoms with Gasteiger partial charge in [0.2, 0.25) is 5.91 Å². The number of aryl methyl sites for hydroxylation is 2. The highest BCUT2D eigenvalue weighted by molar-refractivity contribution is 5.76. The summed E-state index contributed by atoms with van der Waals surface area (Å²) < 4.78 is 6.25. The summed E-state index contributed by atoms with van der Waals surface area (Å²) in [5, 5.41) is 52.2. The monoisotopic (exact) mass is 648 g/mol. The van der Waals surface area contributed by atoms with E-state index in [1.54, 1.807) is 0 Å². The van der Waals surface area contributed by atoms with Gasteiger partial charge in [0, 0.05) is 55.7 Å². The molecule has 0 spiro atoms. The van der Waals surface area contributed by atoms with Crippen LogP contribution in [-0.4, -0.2) is 97.0 Å². The number of nitrogens with zero attached hydrogens (tertiary/aromatic N) is 3. The van der Waals surface area contributed by atoms with E-state index in [-0.39, 0.29) is 24.4 Å². The average Bonchev–Trinajstić information content (AvgIpc) is 4.03. The third-order valence-corrected chi connectivity index (χ3v) is 9.22. The smallest absolute Gasteiger partial charge is 0.222 e. The predicted molar refractivity (Wildman–Crippen MR) is 176 cm³/mol. The van der Waals surface area contributed by atoms with Crippen molar-refractivity contribution in [2.75, 3.05) is 20.2 Å². The number of aliphatic hydroxyl groups excluding tert-OH is 5. The highest BCUT2D eigenvalue weighted by Crippen LogP contribution is 2.50. The van der Waals surface area contributed by atoms with E-state index in [9.17, 15) is 25.2 Å². The molecule has 2 aromatic heterocycles. The van der Waals surface area contributed by atoms with Crippen molar-refractivity contribution >= 4 is 5.91 Å². The molecular weight excluding hydrogens is 600 g/mol. The maximum absolute atomic E-state index is 12.6. The van der Waals surface area contributed by atoms with Crippen LogP contribution in [-0.2, 0) is 23.3 Å². The van der Waals surface area contributed by atoms with Crippen molar-refractivity contribution in [3.63, 3.8) is 0 Å². The Hall–Kier alpha value is -3.45. The number of hydrogen-bond acceptors (Lipinski definition) is 10. The van der Waals surface area contributed by atoms with Gasteiger partial charge < -0.3 is 40.5 Å². The Balaban J connectivity index is 1.13. The molecule has 6 N–H and O–H groups in total. The van der Waals surface area contributed by atoms with Crippen molar-refractivity contribution in [3.05, 3.63) is 77.4 Å². The number of aliphatic hydroxyl groups is 5. The molecule has 2 aliphatic carbocycles. The van der Waals surface area contributed by atoms with Crippen molar-refractivity contribution in [2.24, 2.45) is 0 Å². The van der Waals surface area contributed by atoms with Gasteiger partial charge in [0.05, 0.1) is 18.4 Å². The summed E-state index contributed by atoms with van der Waals surface area (Å²) >= 11 is 0. The number of carbonyl (C=O) groups is 1. The lowest BCUT2D eigenvalue weighted by Gasteiger charge is -2.28. The van der Waals surface area contributed by atoms with Crippen LogP contribution in [0.4, 0.5) is 0 Å². The molecule has 0 unspecified atom stereocenters. The number of amides is 1. The molecule has 0 aliphatic heterocycles. The van der Waals surface area contributed by atoms with Gasteiger partial charge in [0.25, 0.3) is 0 Å². The Labute approximate surface area is 276 Å². The van der Waals surface area contributed by atoms with Crippen molar-refractivity contribution in [1.29, 1.82) is 0 Å². The molecule has 2 aliphatic rings. The van der Waals surface area contributed by atoms with Gasteiger partial charge in [-0.15, -0.1) is 0 Å². The third kappa shape index (κ3) is 8.92. The molecule has 4 atom stereocenters. The predicted octanol–water partition coefficient (Wildman–Crippen LogP) is 2.38. The van der Waals surface area contributed by atoms with Gasteiger partial charge in [-0.25, -0.2) is 0 Å². The Morgan fingerprint density at radius 2 is 1.77 bits per heavy atom. The van der Waals surface area contributed by atoms with E-state index in [2.05, 4.69) is 47.6 Å². The molecule has 2 saturated carbocycles. The van der Waals surface area contributed by atoms with Crippen LogP contribution >= 0.6 is 0 Å². The number of carbonyl (C=O) groups excluding carboxylic acids is 1. The quantitative estimate of drug-likeness (QED) is 0.113. The van der Waals surface area contributed by atoms with Crippen LogP contribution in [0.3, 0.4) is 0 Å². The molecular formula is C36H48N4O7. The van der Waals surface area contributed by atoms with Gasteiger partial charge in [0.1, 0.15) is 30.2 Å². The van der Waals surface area contributed by atoms with E-state index in [0.717, 1.165) is 65.9 Å². The minimum atomic E-state index is -1.72. The zero-order valence-electron chi connectivity index (χ0n) is 27.3. The summed E-state index contributed by atoms with van der Waals surface area (Å²) in [6.45, 7) is 1.72. The zero-order chi connectivity index (χ0) is 33.6. The number of para-hydroxylation sites is 1. The van der Waals surface area contributed by atoms with E-state index in [1.165, 1.54) is 17.5 Å². The Morgan fingerprint density at radius 3 is 2.49 bits per heavy atom. The van der Waals surface area contributed by atoms with Gasteiger partial charge in [0.15, 0.2) is 0 Å². The van der Waals surface area contributed by atoms with Crippen LogP contribution in [0, 0.1) is 6.92 Å². The molecule has 2 heterocycles. The number of rotatable bonds is 18. The van der Waals surface area contributed by atoms with Crippen LogP contribution in [0.1, 0.15) is 67.5 Å². The normalized spacial score (nSPS) is 17.9. The molecule has 3 aromatic rings. The summed E-state index contributed by atoms with van der Waals surface area (Å²) in [7, 11) is 1.51. The van der Waals surface area contributed by atoms with Gasteiger partial charge in [-0.3, -0.25) is 14.8 Å². The second kappa shape index (κ2) is 15.6. The number of pyridine rings is 2. The Morgan fingerprint density at radius 1 is 1.02 bits per heavy atom. The first-order valence-corrected chi connectivity index (χ1v) is 16.6. The molecule has 0 saturated heterocycles. The molecule has 2 fully saturated rings. The average molecular weight is 649 g/mol. The van der Waals surface area contributed by atoms with Crippen molar-refractivity contribution < 1.29 is 35.1 Å². The van der Waals surface area contributed by atoms with Crippen molar-refractivity contribution in [3.8, 4) is 16.9 Å². The molecule has 0 bridgehead atoms. The molecule has 5 rings (SSSR count). The number of unbranched alkanes of at least 4 members (excludes halogenated alkanes) is 1. The highest BCUT2D eigenvalue weighted by atomic mass is 16.5. The van der Waals surface area contributed by atoms with E-state index in [0.29, 0.717) is 25.5 Å². The fraction of sp³-hybridized carbons (Fsp3) is 0.528. The molecule has 47 heavy (non-hydrogen) atoms. The van der Waals surface area contributed by atoms with E-state index >= 15 is 0 Å². The molecule has 1 aromatic carbocycles. The molecule has 0 radical (unpaired) electrons. The van der Waals surface area contributed by atoms with Crippen molar-refractivity contribution in [1.82, 2.24) is 20.2 Å². The van der Waals surface area contributed by atoms with Gasteiger partial charge >= 0.3 is 0 Å². The highest BCUT2D eigenvalue weighted by Gasteiger charge is 2.46. The summed E-state index contributed by atoms with van der Waals surface area (Å²) in [5.41, 5.74) is 6.31. The lowest BCUT2D eigenvalue weighted by molar-refractivity contribution is -0.138. The standard InChI is InChI=1S/C36H48N4O7/c1-23-11-12-24(7-3-6-10-33(44)40(2)21-30(42)34(45)35(46)31(43)22-41)39-29(23)20-38-36(16-17-36)28-19-37-18-15-26(28)27-8-4-5-9-32(27)47-25-13-14-25/h4-5,8-9,11-12,15,18-19,25,30-31,34-35,38,41-43,45-46H,3,6-7,10,13-14,16-17,20-22H2,1-2H3/t30-,31+,34+,35+/m0/s1. The first-order valence-electron chi connectivity index (χ1n) is 16.6.